The van der Waals surface area contributed by atoms with E-state index in [1.807, 2.05) is 37.2 Å². The fraction of sp³-hybridized carbons (Fsp3) is 0.250. The lowest BCUT2D eigenvalue weighted by molar-refractivity contribution is 0.299. The Morgan fingerprint density at radius 2 is 1.87 bits per heavy atom. The zero-order valence-corrected chi connectivity index (χ0v) is 16.0. The first kappa shape index (κ1) is 18.4. The summed E-state index contributed by atoms with van der Waals surface area (Å²) >= 11 is 9.53. The minimum absolute atomic E-state index is 0.161. The summed E-state index contributed by atoms with van der Waals surface area (Å²) in [5, 5.41) is 0.618. The molecule has 0 bridgehead atoms. The second-order valence-corrected chi connectivity index (χ2v) is 8.40. The Bertz CT molecular complexity index is 781. The number of sulfonamides is 1. The normalized spacial score (nSPS) is 13.3. The fourth-order valence-electron chi connectivity index (χ4n) is 2.22. The molecule has 0 aliphatic carbocycles. The summed E-state index contributed by atoms with van der Waals surface area (Å²) in [5.41, 5.74) is 0.885. The van der Waals surface area contributed by atoms with Gasteiger partial charge in [0.25, 0.3) is 0 Å². The third-order valence-electron chi connectivity index (χ3n) is 3.46. The van der Waals surface area contributed by atoms with Crippen LogP contribution in [0.25, 0.3) is 0 Å². The van der Waals surface area contributed by atoms with Gasteiger partial charge in [0.05, 0.1) is 4.90 Å². The van der Waals surface area contributed by atoms with Crippen LogP contribution in [0.2, 0.25) is 5.02 Å². The molecule has 23 heavy (non-hydrogen) atoms. The SMILES string of the molecule is CN(C)C(CNS(=O)(=O)c1cccc(Br)c1)c1ccccc1Cl. The molecule has 0 aliphatic rings. The Labute approximate surface area is 150 Å². The summed E-state index contributed by atoms with van der Waals surface area (Å²) in [5.74, 6) is 0. The van der Waals surface area contributed by atoms with Gasteiger partial charge in [-0.1, -0.05) is 51.8 Å². The lowest BCUT2D eigenvalue weighted by atomic mass is 10.1. The van der Waals surface area contributed by atoms with E-state index in [1.165, 1.54) is 0 Å². The molecule has 2 rings (SSSR count). The van der Waals surface area contributed by atoms with Crippen LogP contribution >= 0.6 is 27.5 Å². The van der Waals surface area contributed by atoms with Gasteiger partial charge in [0.1, 0.15) is 0 Å². The van der Waals surface area contributed by atoms with Crippen LogP contribution in [-0.2, 0) is 10.0 Å². The molecular formula is C16H18BrClN2O2S. The van der Waals surface area contributed by atoms with E-state index < -0.39 is 10.0 Å². The number of benzene rings is 2. The molecule has 2 aromatic carbocycles. The van der Waals surface area contributed by atoms with Crippen molar-refractivity contribution in [2.45, 2.75) is 10.9 Å². The van der Waals surface area contributed by atoms with E-state index in [9.17, 15) is 8.42 Å². The first-order valence-electron chi connectivity index (χ1n) is 6.97. The molecule has 0 aliphatic heterocycles. The molecule has 0 saturated carbocycles. The molecule has 0 amide bonds. The van der Waals surface area contributed by atoms with Gasteiger partial charge in [-0.2, -0.15) is 0 Å². The first-order valence-corrected chi connectivity index (χ1v) is 9.63. The molecule has 0 radical (unpaired) electrons. The standard InChI is InChI=1S/C16H18BrClN2O2S/c1-20(2)16(14-8-3-4-9-15(14)18)11-19-23(21,22)13-7-5-6-12(17)10-13/h3-10,16,19H,11H2,1-2H3. The third kappa shape index (κ3) is 4.78. The van der Waals surface area contributed by atoms with Gasteiger partial charge in [-0.25, -0.2) is 13.1 Å². The highest BCUT2D eigenvalue weighted by atomic mass is 79.9. The maximum Gasteiger partial charge on any atom is 0.240 e. The predicted octanol–water partition coefficient (Wildman–Crippen LogP) is 3.68. The molecule has 2 aromatic rings. The molecule has 0 fully saturated rings. The van der Waals surface area contributed by atoms with Crippen molar-refractivity contribution < 1.29 is 8.42 Å². The van der Waals surface area contributed by atoms with Crippen molar-refractivity contribution in [2.75, 3.05) is 20.6 Å². The zero-order valence-electron chi connectivity index (χ0n) is 12.8. The van der Waals surface area contributed by atoms with Gasteiger partial charge < -0.3 is 4.90 Å². The van der Waals surface area contributed by atoms with Crippen LogP contribution < -0.4 is 4.72 Å². The highest BCUT2D eigenvalue weighted by Crippen LogP contribution is 2.26. The molecule has 4 nitrogen and oxygen atoms in total. The molecule has 7 heteroatoms. The zero-order chi connectivity index (χ0) is 17.0. The van der Waals surface area contributed by atoms with E-state index in [4.69, 9.17) is 11.6 Å². The number of nitrogens with zero attached hydrogens (tertiary/aromatic N) is 1. The monoisotopic (exact) mass is 416 g/mol. The highest BCUT2D eigenvalue weighted by Gasteiger charge is 2.21. The molecule has 0 spiro atoms. The van der Waals surface area contributed by atoms with Crippen LogP contribution in [0.3, 0.4) is 0 Å². The lowest BCUT2D eigenvalue weighted by Crippen LogP contribution is -2.34. The maximum atomic E-state index is 12.4. The van der Waals surface area contributed by atoms with Gasteiger partial charge in [0.15, 0.2) is 0 Å². The maximum absolute atomic E-state index is 12.4. The van der Waals surface area contributed by atoms with E-state index >= 15 is 0 Å². The smallest absolute Gasteiger partial charge is 0.240 e. The van der Waals surface area contributed by atoms with E-state index in [1.54, 1.807) is 30.3 Å². The van der Waals surface area contributed by atoms with Crippen LogP contribution in [0.5, 0.6) is 0 Å². The number of hydrogen-bond donors (Lipinski definition) is 1. The van der Waals surface area contributed by atoms with Crippen LogP contribution in [-0.4, -0.2) is 34.0 Å². The summed E-state index contributed by atoms with van der Waals surface area (Å²) in [6.07, 6.45) is 0. The van der Waals surface area contributed by atoms with Crippen LogP contribution in [0, 0.1) is 0 Å². The van der Waals surface area contributed by atoms with Crippen molar-refractivity contribution in [2.24, 2.45) is 0 Å². The minimum Gasteiger partial charge on any atom is -0.301 e. The topological polar surface area (TPSA) is 49.4 Å². The summed E-state index contributed by atoms with van der Waals surface area (Å²) in [6, 6.07) is 13.9. The highest BCUT2D eigenvalue weighted by molar-refractivity contribution is 9.10. The van der Waals surface area contributed by atoms with Crippen molar-refractivity contribution in [3.05, 3.63) is 63.6 Å². The van der Waals surface area contributed by atoms with Gasteiger partial charge in [-0.15, -0.1) is 0 Å². The average Bonchev–Trinajstić information content (AvgIpc) is 2.49. The van der Waals surface area contributed by atoms with Crippen LogP contribution in [0.1, 0.15) is 11.6 Å². The molecule has 0 heterocycles. The Hall–Kier alpha value is -0.920. The number of hydrogen-bond acceptors (Lipinski definition) is 3. The summed E-state index contributed by atoms with van der Waals surface area (Å²) in [7, 11) is 0.199. The summed E-state index contributed by atoms with van der Waals surface area (Å²) in [4.78, 5) is 2.16. The molecule has 1 unspecified atom stereocenters. The van der Waals surface area contributed by atoms with Gasteiger partial charge in [-0.05, 0) is 43.9 Å². The number of likely N-dealkylation sites (N-methyl/N-ethyl adjacent to an activating group) is 1. The number of halogens is 2. The molecule has 124 valence electrons. The Morgan fingerprint density at radius 1 is 1.17 bits per heavy atom. The molecular weight excluding hydrogens is 400 g/mol. The van der Waals surface area contributed by atoms with Crippen molar-refractivity contribution in [3.63, 3.8) is 0 Å². The third-order valence-corrected chi connectivity index (χ3v) is 5.72. The average molecular weight is 418 g/mol. The second kappa shape index (κ2) is 7.77. The van der Waals surface area contributed by atoms with Crippen molar-refractivity contribution in [3.8, 4) is 0 Å². The van der Waals surface area contributed by atoms with Crippen LogP contribution in [0.15, 0.2) is 57.9 Å². The molecule has 0 saturated heterocycles. The largest absolute Gasteiger partial charge is 0.301 e. The van der Waals surface area contributed by atoms with E-state index in [-0.39, 0.29) is 17.5 Å². The van der Waals surface area contributed by atoms with Gasteiger partial charge in [0, 0.05) is 22.1 Å². The Balaban J connectivity index is 2.21. The Morgan fingerprint density at radius 3 is 2.48 bits per heavy atom. The summed E-state index contributed by atoms with van der Waals surface area (Å²) in [6.45, 7) is 0.228. The van der Waals surface area contributed by atoms with Crippen molar-refractivity contribution in [1.82, 2.24) is 9.62 Å². The van der Waals surface area contributed by atoms with E-state index in [2.05, 4.69) is 20.7 Å². The Kier molecular flexibility index (Phi) is 6.22. The van der Waals surface area contributed by atoms with Gasteiger partial charge in [0.2, 0.25) is 10.0 Å². The number of nitrogens with one attached hydrogen (secondary N) is 1. The lowest BCUT2D eigenvalue weighted by Gasteiger charge is -2.26. The van der Waals surface area contributed by atoms with Crippen molar-refractivity contribution >= 4 is 37.6 Å². The molecule has 1 atom stereocenters. The van der Waals surface area contributed by atoms with Gasteiger partial charge >= 0.3 is 0 Å². The van der Waals surface area contributed by atoms with E-state index in [0.717, 1.165) is 10.0 Å². The minimum atomic E-state index is -3.58. The van der Waals surface area contributed by atoms with Crippen molar-refractivity contribution in [1.29, 1.82) is 0 Å². The fourth-order valence-corrected chi connectivity index (χ4v) is 4.12. The second-order valence-electron chi connectivity index (χ2n) is 5.31. The summed E-state index contributed by atoms with van der Waals surface area (Å²) < 4.78 is 28.3. The first-order chi connectivity index (χ1) is 10.8. The molecule has 0 aromatic heterocycles. The molecule has 1 N–H and O–H groups in total. The van der Waals surface area contributed by atoms with Crippen LogP contribution in [0.4, 0.5) is 0 Å². The quantitative estimate of drug-likeness (QED) is 0.780. The van der Waals surface area contributed by atoms with E-state index in [0.29, 0.717) is 5.02 Å². The number of rotatable bonds is 6. The van der Waals surface area contributed by atoms with Gasteiger partial charge in [-0.3, -0.25) is 0 Å². The predicted molar refractivity (Wildman–Crippen MR) is 97.2 cm³/mol.